The molecule has 0 atom stereocenters. The van der Waals surface area contributed by atoms with Crippen LogP contribution in [0, 0.1) is 0 Å². The van der Waals surface area contributed by atoms with E-state index in [1.807, 2.05) is 48.5 Å². The molecule has 3 aromatic rings. The van der Waals surface area contributed by atoms with E-state index in [0.717, 1.165) is 28.3 Å². The summed E-state index contributed by atoms with van der Waals surface area (Å²) in [6, 6.07) is 17.4. The van der Waals surface area contributed by atoms with Crippen LogP contribution in [0.5, 0.6) is 0 Å². The van der Waals surface area contributed by atoms with Crippen LogP contribution >= 0.6 is 0 Å². The maximum atomic E-state index is 13.0. The smallest absolute Gasteiger partial charge is 0.416 e. The number of hydrogen-bond acceptors (Lipinski definition) is 4. The lowest BCUT2D eigenvalue weighted by molar-refractivity contribution is -0.137. The summed E-state index contributed by atoms with van der Waals surface area (Å²) >= 11 is 0. The van der Waals surface area contributed by atoms with Crippen LogP contribution in [0.1, 0.15) is 33.0 Å². The number of alkyl carbamates (subject to hydrolysis) is 1. The zero-order valence-corrected chi connectivity index (χ0v) is 18.1. The third kappa shape index (κ3) is 5.11. The molecule has 3 N–H and O–H groups in total. The zero-order valence-electron chi connectivity index (χ0n) is 18.1. The predicted octanol–water partition coefficient (Wildman–Crippen LogP) is 4.88. The number of benzene rings is 3. The number of aromatic carboxylic acids is 1. The van der Waals surface area contributed by atoms with E-state index < -0.39 is 47.5 Å². The number of fused-ring (bicyclic) bond motifs is 3. The molecule has 0 heterocycles. The molecule has 0 aromatic heterocycles. The molecule has 7 nitrogen and oxygen atoms in total. The lowest BCUT2D eigenvalue weighted by Crippen LogP contribution is -2.34. The molecule has 180 valence electrons. The molecule has 0 saturated heterocycles. The van der Waals surface area contributed by atoms with Crippen molar-refractivity contribution >= 4 is 23.7 Å². The minimum absolute atomic E-state index is 0.0122. The van der Waals surface area contributed by atoms with Gasteiger partial charge >= 0.3 is 18.2 Å². The van der Waals surface area contributed by atoms with Gasteiger partial charge in [-0.15, -0.1) is 0 Å². The minimum Gasteiger partial charge on any atom is -0.478 e. The Labute approximate surface area is 197 Å². The monoisotopic (exact) mass is 484 g/mol. The molecular formula is C25H19F3N2O5. The van der Waals surface area contributed by atoms with Gasteiger partial charge in [0.05, 0.1) is 16.8 Å². The fourth-order valence-electron chi connectivity index (χ4n) is 4.01. The summed E-state index contributed by atoms with van der Waals surface area (Å²) in [5.41, 5.74) is 1.93. The van der Waals surface area contributed by atoms with E-state index >= 15 is 0 Å². The summed E-state index contributed by atoms with van der Waals surface area (Å²) in [5, 5.41) is 13.5. The number of carboxylic acids is 1. The molecule has 10 heteroatoms. The topological polar surface area (TPSA) is 105 Å². The summed E-state index contributed by atoms with van der Waals surface area (Å²) in [4.78, 5) is 35.7. The van der Waals surface area contributed by atoms with Crippen LogP contribution in [0.3, 0.4) is 0 Å². The number of carbonyl (C=O) groups excluding carboxylic acids is 2. The van der Waals surface area contributed by atoms with E-state index in [0.29, 0.717) is 12.1 Å². The quantitative estimate of drug-likeness (QED) is 0.463. The Kier molecular flexibility index (Phi) is 6.46. The molecule has 1 aliphatic carbocycles. The first-order valence-corrected chi connectivity index (χ1v) is 10.5. The standard InChI is InChI=1S/C25H19F3N2O5/c26-25(27,28)14-9-10-19(23(32)33)21(11-14)30-22(31)12-29-24(34)35-13-20-17-7-3-1-5-15(17)16-6-2-4-8-18(16)20/h1-11,20H,12-13H2,(H,29,34)(H,30,31)(H,32,33). The second kappa shape index (κ2) is 9.49. The van der Waals surface area contributed by atoms with Gasteiger partial charge < -0.3 is 20.5 Å². The molecule has 2 amide bonds. The normalized spacial score (nSPS) is 12.4. The Bertz CT molecular complexity index is 1260. The van der Waals surface area contributed by atoms with Gasteiger partial charge in [-0.1, -0.05) is 48.5 Å². The number of alkyl halides is 3. The van der Waals surface area contributed by atoms with E-state index in [1.54, 1.807) is 0 Å². The van der Waals surface area contributed by atoms with Gasteiger partial charge in [-0.05, 0) is 40.5 Å². The van der Waals surface area contributed by atoms with Gasteiger partial charge in [0.25, 0.3) is 0 Å². The van der Waals surface area contributed by atoms with Gasteiger partial charge in [0.1, 0.15) is 13.2 Å². The molecule has 35 heavy (non-hydrogen) atoms. The first kappa shape index (κ1) is 23.8. The highest BCUT2D eigenvalue weighted by Crippen LogP contribution is 2.44. The molecular weight excluding hydrogens is 465 g/mol. The first-order chi connectivity index (χ1) is 16.6. The van der Waals surface area contributed by atoms with Crippen LogP contribution in [0.15, 0.2) is 66.7 Å². The number of amides is 2. The number of carbonyl (C=O) groups is 3. The number of nitrogens with one attached hydrogen (secondary N) is 2. The van der Waals surface area contributed by atoms with Crippen molar-refractivity contribution in [1.82, 2.24) is 5.32 Å². The van der Waals surface area contributed by atoms with Crippen molar-refractivity contribution in [3.05, 3.63) is 89.0 Å². The Morgan fingerprint density at radius 2 is 1.51 bits per heavy atom. The van der Waals surface area contributed by atoms with E-state index in [2.05, 4.69) is 10.6 Å². The highest BCUT2D eigenvalue weighted by atomic mass is 19.4. The average Bonchev–Trinajstić information content (AvgIpc) is 3.14. The molecule has 0 saturated carbocycles. The van der Waals surface area contributed by atoms with Gasteiger partial charge in [-0.3, -0.25) is 4.79 Å². The summed E-state index contributed by atoms with van der Waals surface area (Å²) in [7, 11) is 0. The zero-order chi connectivity index (χ0) is 25.2. The van der Waals surface area contributed by atoms with Crippen LogP contribution in [0.25, 0.3) is 11.1 Å². The molecule has 0 radical (unpaired) electrons. The van der Waals surface area contributed by atoms with Crippen LogP contribution in [0.2, 0.25) is 0 Å². The lowest BCUT2D eigenvalue weighted by Gasteiger charge is -2.15. The summed E-state index contributed by atoms with van der Waals surface area (Å²) < 4.78 is 44.2. The van der Waals surface area contributed by atoms with Gasteiger partial charge in [-0.25, -0.2) is 9.59 Å². The van der Waals surface area contributed by atoms with Gasteiger partial charge in [-0.2, -0.15) is 13.2 Å². The van der Waals surface area contributed by atoms with Crippen LogP contribution < -0.4 is 10.6 Å². The third-order valence-corrected chi connectivity index (χ3v) is 5.59. The molecule has 0 bridgehead atoms. The van der Waals surface area contributed by atoms with Crippen molar-refractivity contribution in [1.29, 1.82) is 0 Å². The second-order valence-electron chi connectivity index (χ2n) is 7.79. The molecule has 0 unspecified atom stereocenters. The van der Waals surface area contributed by atoms with Crippen molar-refractivity contribution in [2.75, 3.05) is 18.5 Å². The van der Waals surface area contributed by atoms with Crippen LogP contribution in [0.4, 0.5) is 23.7 Å². The fraction of sp³-hybridized carbons (Fsp3) is 0.160. The van der Waals surface area contributed by atoms with Crippen molar-refractivity contribution in [2.45, 2.75) is 12.1 Å². The SMILES string of the molecule is O=C(CNC(=O)OCC1c2ccccc2-c2ccccc21)Nc1cc(C(F)(F)F)ccc1C(=O)O. The highest BCUT2D eigenvalue weighted by Gasteiger charge is 2.32. The van der Waals surface area contributed by atoms with Crippen molar-refractivity contribution in [3.8, 4) is 11.1 Å². The van der Waals surface area contributed by atoms with Crippen molar-refractivity contribution in [2.24, 2.45) is 0 Å². The average molecular weight is 484 g/mol. The van der Waals surface area contributed by atoms with Crippen LogP contribution in [-0.2, 0) is 15.7 Å². The molecule has 3 aromatic carbocycles. The number of halogens is 3. The molecule has 0 spiro atoms. The number of hydrogen-bond donors (Lipinski definition) is 3. The Hall–Kier alpha value is -4.34. The van der Waals surface area contributed by atoms with Gasteiger partial charge in [0, 0.05) is 5.92 Å². The first-order valence-electron chi connectivity index (χ1n) is 10.5. The number of rotatable bonds is 6. The predicted molar refractivity (Wildman–Crippen MR) is 120 cm³/mol. The largest absolute Gasteiger partial charge is 0.478 e. The van der Waals surface area contributed by atoms with E-state index in [9.17, 15) is 32.7 Å². The molecule has 0 aliphatic heterocycles. The minimum atomic E-state index is -4.73. The molecule has 4 rings (SSSR count). The Morgan fingerprint density at radius 1 is 0.914 bits per heavy atom. The van der Waals surface area contributed by atoms with Crippen LogP contribution in [-0.4, -0.2) is 36.2 Å². The third-order valence-electron chi connectivity index (χ3n) is 5.59. The van der Waals surface area contributed by atoms with Gasteiger partial charge in [0.15, 0.2) is 0 Å². The fourth-order valence-corrected chi connectivity index (χ4v) is 4.01. The molecule has 0 fully saturated rings. The maximum absolute atomic E-state index is 13.0. The lowest BCUT2D eigenvalue weighted by atomic mass is 9.98. The number of carboxylic acid groups (broad SMARTS) is 1. The Morgan fingerprint density at radius 3 is 2.09 bits per heavy atom. The number of anilines is 1. The summed E-state index contributed by atoms with van der Waals surface area (Å²) in [6.45, 7) is -0.621. The van der Waals surface area contributed by atoms with E-state index in [4.69, 9.17) is 4.74 Å². The van der Waals surface area contributed by atoms with E-state index in [1.165, 1.54) is 0 Å². The van der Waals surface area contributed by atoms with Crippen molar-refractivity contribution < 1.29 is 37.4 Å². The summed E-state index contributed by atoms with van der Waals surface area (Å²) in [5.74, 6) is -2.62. The van der Waals surface area contributed by atoms with E-state index in [-0.39, 0.29) is 12.5 Å². The second-order valence-corrected chi connectivity index (χ2v) is 7.79. The molecule has 1 aliphatic rings. The maximum Gasteiger partial charge on any atom is 0.416 e. The Balaban J connectivity index is 1.36. The summed E-state index contributed by atoms with van der Waals surface area (Å²) in [6.07, 6.45) is -5.62. The van der Waals surface area contributed by atoms with Crippen molar-refractivity contribution in [3.63, 3.8) is 0 Å². The number of ether oxygens (including phenoxy) is 1. The van der Waals surface area contributed by atoms with Gasteiger partial charge in [0.2, 0.25) is 5.91 Å². The highest BCUT2D eigenvalue weighted by molar-refractivity contribution is 6.01.